The fourth-order valence-electron chi connectivity index (χ4n) is 2.48. The molecule has 4 rings (SSSR count). The number of nitrogens with two attached hydrogens (primary N) is 1. The van der Waals surface area contributed by atoms with Crippen LogP contribution in [0.1, 0.15) is 21.7 Å². The van der Waals surface area contributed by atoms with E-state index in [2.05, 4.69) is 46.0 Å². The number of carbonyl (C=O) groups is 1. The summed E-state index contributed by atoms with van der Waals surface area (Å²) in [6, 6.07) is 6.40. The van der Waals surface area contributed by atoms with Gasteiger partial charge >= 0.3 is 0 Å². The van der Waals surface area contributed by atoms with Crippen molar-refractivity contribution in [2.45, 2.75) is 10.9 Å². The molecule has 14 nitrogen and oxygen atoms in total. The Kier molecular flexibility index (Phi) is 5.57. The number of hydrogen-bond acceptors (Lipinski definition) is 12. The zero-order valence-electron chi connectivity index (χ0n) is 15.9. The van der Waals surface area contributed by atoms with E-state index >= 15 is 0 Å². The van der Waals surface area contributed by atoms with E-state index in [0.29, 0.717) is 16.4 Å². The Balaban J connectivity index is 1.58. The highest BCUT2D eigenvalue weighted by molar-refractivity contribution is 7.98. The normalized spacial score (nSPS) is 11.3. The molecule has 4 aromatic rings. The van der Waals surface area contributed by atoms with Gasteiger partial charge in [0, 0.05) is 12.8 Å². The number of phenolic OH excluding ortho intramolecular Hbond substituents is 1. The van der Waals surface area contributed by atoms with E-state index in [1.807, 2.05) is 0 Å². The van der Waals surface area contributed by atoms with Gasteiger partial charge in [-0.2, -0.15) is 9.78 Å². The molecule has 0 bridgehead atoms. The third-order valence-corrected chi connectivity index (χ3v) is 4.98. The van der Waals surface area contributed by atoms with Gasteiger partial charge < -0.3 is 15.4 Å². The monoisotopic (exact) mass is 441 g/mol. The quantitative estimate of drug-likeness (QED) is 0.201. The predicted octanol–water partition coefficient (Wildman–Crippen LogP) is 0.123. The molecule has 0 saturated heterocycles. The van der Waals surface area contributed by atoms with Crippen molar-refractivity contribution in [3.8, 4) is 11.6 Å². The zero-order chi connectivity index (χ0) is 21.8. The molecule has 3 heterocycles. The average Bonchev–Trinajstić information content (AvgIpc) is 3.46. The molecule has 0 radical (unpaired) electrons. The Labute approximate surface area is 178 Å². The first-order chi connectivity index (χ1) is 15.0. The largest absolute Gasteiger partial charge is 0.508 e. The lowest BCUT2D eigenvalue weighted by Crippen LogP contribution is -2.20. The van der Waals surface area contributed by atoms with Crippen molar-refractivity contribution in [2.75, 3.05) is 5.73 Å². The van der Waals surface area contributed by atoms with Gasteiger partial charge in [0.05, 0.1) is 11.9 Å². The third kappa shape index (κ3) is 4.35. The zero-order valence-corrected chi connectivity index (χ0v) is 16.8. The number of thioether (sulfide) groups is 1. The van der Waals surface area contributed by atoms with E-state index in [-0.39, 0.29) is 28.8 Å². The van der Waals surface area contributed by atoms with Gasteiger partial charge in [0.1, 0.15) is 12.1 Å². The van der Waals surface area contributed by atoms with Crippen molar-refractivity contribution in [2.24, 2.45) is 12.1 Å². The standard InChI is InChI=1S/C16H15N11O3S/c1-26-8-19-22-16(26)31-7-11-12(20-25-27(11)14-13(17)23-30-24-14)15(29)21-18-6-9-3-2-4-10(28)5-9/h2-6,8,28H,7H2,1H3,(H2,17,23)(H,21,29)/b18-6-. The van der Waals surface area contributed by atoms with Crippen LogP contribution in [0.4, 0.5) is 5.82 Å². The molecule has 3 aromatic heterocycles. The second-order valence-corrected chi connectivity index (χ2v) is 7.02. The van der Waals surface area contributed by atoms with Crippen LogP contribution in [0.15, 0.2) is 45.5 Å². The highest BCUT2D eigenvalue weighted by atomic mass is 32.2. The first-order valence-electron chi connectivity index (χ1n) is 8.65. The number of nitrogens with zero attached hydrogens (tertiary/aromatic N) is 9. The Morgan fingerprint density at radius 1 is 1.39 bits per heavy atom. The van der Waals surface area contributed by atoms with Gasteiger partial charge in [-0.25, -0.2) is 10.1 Å². The number of hydrazone groups is 1. The van der Waals surface area contributed by atoms with Crippen LogP contribution in [-0.4, -0.2) is 57.3 Å². The van der Waals surface area contributed by atoms with Crippen LogP contribution in [0.5, 0.6) is 5.75 Å². The summed E-state index contributed by atoms with van der Waals surface area (Å²) < 4.78 is 7.62. The van der Waals surface area contributed by atoms with Crippen LogP contribution in [0.3, 0.4) is 0 Å². The molecule has 0 unspecified atom stereocenters. The number of phenols is 1. The fraction of sp³-hybridized carbons (Fsp3) is 0.125. The maximum Gasteiger partial charge on any atom is 0.293 e. The van der Waals surface area contributed by atoms with Crippen molar-refractivity contribution in [1.29, 1.82) is 0 Å². The van der Waals surface area contributed by atoms with E-state index in [4.69, 9.17) is 5.73 Å². The summed E-state index contributed by atoms with van der Waals surface area (Å²) in [7, 11) is 1.79. The van der Waals surface area contributed by atoms with Crippen LogP contribution in [0.25, 0.3) is 5.82 Å². The number of nitrogens with one attached hydrogen (secondary N) is 1. The maximum absolute atomic E-state index is 12.7. The minimum absolute atomic E-state index is 0.00475. The SMILES string of the molecule is Cn1cnnc1SCc1c(C(=O)N/N=C\c2cccc(O)c2)nnn1-c1nonc1N. The smallest absolute Gasteiger partial charge is 0.293 e. The second-order valence-electron chi connectivity index (χ2n) is 6.08. The molecule has 0 aliphatic heterocycles. The lowest BCUT2D eigenvalue weighted by Gasteiger charge is -2.05. The molecular formula is C16H15N11O3S. The second kappa shape index (κ2) is 8.62. The van der Waals surface area contributed by atoms with Gasteiger partial charge in [-0.1, -0.05) is 29.1 Å². The molecule has 0 aliphatic carbocycles. The van der Waals surface area contributed by atoms with Gasteiger partial charge in [-0.05, 0) is 28.0 Å². The first-order valence-corrected chi connectivity index (χ1v) is 9.63. The van der Waals surface area contributed by atoms with Gasteiger partial charge in [0.15, 0.2) is 10.9 Å². The molecular weight excluding hydrogens is 426 g/mol. The summed E-state index contributed by atoms with van der Waals surface area (Å²) in [5.74, 6) is -0.191. The Bertz CT molecular complexity index is 1250. The summed E-state index contributed by atoms with van der Waals surface area (Å²) in [5.41, 5.74) is 9.13. The number of anilines is 1. The predicted molar refractivity (Wildman–Crippen MR) is 107 cm³/mol. The molecule has 0 fully saturated rings. The van der Waals surface area contributed by atoms with Crippen molar-refractivity contribution < 1.29 is 14.5 Å². The summed E-state index contributed by atoms with van der Waals surface area (Å²) in [6.45, 7) is 0. The molecule has 0 atom stereocenters. The van der Waals surface area contributed by atoms with Crippen LogP contribution < -0.4 is 11.2 Å². The molecule has 1 aromatic carbocycles. The Morgan fingerprint density at radius 3 is 2.97 bits per heavy atom. The highest BCUT2D eigenvalue weighted by Crippen LogP contribution is 2.24. The third-order valence-electron chi connectivity index (χ3n) is 3.93. The fourth-order valence-corrected chi connectivity index (χ4v) is 3.36. The summed E-state index contributed by atoms with van der Waals surface area (Å²) in [5, 5.41) is 37.0. The Morgan fingerprint density at radius 2 is 2.26 bits per heavy atom. The minimum Gasteiger partial charge on any atom is -0.508 e. The van der Waals surface area contributed by atoms with Crippen LogP contribution in [-0.2, 0) is 12.8 Å². The van der Waals surface area contributed by atoms with Crippen LogP contribution in [0, 0.1) is 0 Å². The molecule has 0 spiro atoms. The van der Waals surface area contributed by atoms with Gasteiger partial charge in [-0.3, -0.25) is 4.79 Å². The lowest BCUT2D eigenvalue weighted by atomic mass is 10.2. The molecule has 0 aliphatic rings. The van der Waals surface area contributed by atoms with Crippen molar-refractivity contribution >= 4 is 29.7 Å². The number of rotatable bonds is 7. The van der Waals surface area contributed by atoms with Crippen molar-refractivity contribution in [3.63, 3.8) is 0 Å². The maximum atomic E-state index is 12.7. The van der Waals surface area contributed by atoms with Crippen LogP contribution in [0.2, 0.25) is 0 Å². The Hall–Kier alpha value is -4.27. The number of carbonyl (C=O) groups excluding carboxylic acids is 1. The van der Waals surface area contributed by atoms with E-state index in [1.165, 1.54) is 34.8 Å². The molecule has 158 valence electrons. The highest BCUT2D eigenvalue weighted by Gasteiger charge is 2.24. The molecule has 1 amide bonds. The number of amides is 1. The lowest BCUT2D eigenvalue weighted by molar-refractivity contribution is 0.0949. The van der Waals surface area contributed by atoms with Gasteiger partial charge in [0.25, 0.3) is 5.91 Å². The van der Waals surface area contributed by atoms with Crippen molar-refractivity contribution in [3.05, 3.63) is 47.5 Å². The molecule has 31 heavy (non-hydrogen) atoms. The van der Waals surface area contributed by atoms with Gasteiger partial charge in [-0.15, -0.1) is 15.3 Å². The van der Waals surface area contributed by atoms with E-state index < -0.39 is 5.91 Å². The summed E-state index contributed by atoms with van der Waals surface area (Å²) >= 11 is 1.31. The van der Waals surface area contributed by atoms with E-state index in [0.717, 1.165) is 0 Å². The average molecular weight is 441 g/mol. The van der Waals surface area contributed by atoms with Crippen LogP contribution >= 0.6 is 11.8 Å². The number of aromatic nitrogens is 8. The van der Waals surface area contributed by atoms with E-state index in [9.17, 15) is 9.90 Å². The number of hydrogen-bond donors (Lipinski definition) is 3. The van der Waals surface area contributed by atoms with E-state index in [1.54, 1.807) is 30.1 Å². The number of aromatic hydroxyl groups is 1. The number of aryl methyl sites for hydroxylation is 1. The van der Waals surface area contributed by atoms with Crippen molar-refractivity contribution in [1.82, 2.24) is 45.5 Å². The molecule has 0 saturated carbocycles. The molecule has 15 heteroatoms. The number of benzene rings is 1. The minimum atomic E-state index is -0.605. The molecule has 4 N–H and O–H groups in total. The summed E-state index contributed by atoms with van der Waals surface area (Å²) in [4.78, 5) is 12.7. The topological polar surface area (TPSA) is 188 Å². The van der Waals surface area contributed by atoms with Gasteiger partial charge in [0.2, 0.25) is 11.6 Å². The first kappa shape index (κ1) is 20.0. The summed E-state index contributed by atoms with van der Waals surface area (Å²) in [6.07, 6.45) is 2.94. The number of nitrogen functional groups attached to an aromatic ring is 1.